The fourth-order valence-electron chi connectivity index (χ4n) is 1.45. The second-order valence-corrected chi connectivity index (χ2v) is 6.17. The molecule has 0 aromatic carbocycles. The first-order chi connectivity index (χ1) is 7.79. The maximum atomic E-state index is 11.9. The van der Waals surface area contributed by atoms with Gasteiger partial charge >= 0.3 is 0 Å². The molecule has 0 aliphatic carbocycles. The first-order valence-electron chi connectivity index (χ1n) is 5.76. The molecule has 4 nitrogen and oxygen atoms in total. The highest BCUT2D eigenvalue weighted by molar-refractivity contribution is 7.09. The van der Waals surface area contributed by atoms with E-state index in [9.17, 15) is 4.79 Å². The molecule has 1 aromatic heterocycles. The fourth-order valence-corrected chi connectivity index (χ4v) is 2.09. The molecule has 1 heterocycles. The van der Waals surface area contributed by atoms with Crippen molar-refractivity contribution in [3.05, 3.63) is 16.6 Å². The Labute approximate surface area is 107 Å². The van der Waals surface area contributed by atoms with Crippen molar-refractivity contribution in [3.8, 4) is 0 Å². The molecule has 0 saturated carbocycles. The number of rotatable bonds is 4. The van der Waals surface area contributed by atoms with Crippen LogP contribution in [0.3, 0.4) is 0 Å². The Morgan fingerprint density at radius 3 is 2.53 bits per heavy atom. The molecule has 5 heteroatoms. The third kappa shape index (κ3) is 4.83. The van der Waals surface area contributed by atoms with Gasteiger partial charge in [0.15, 0.2) is 0 Å². The summed E-state index contributed by atoms with van der Waals surface area (Å²) < 4.78 is 0. The van der Waals surface area contributed by atoms with Crippen molar-refractivity contribution in [2.24, 2.45) is 0 Å². The molecule has 0 aliphatic heterocycles. The fraction of sp³-hybridized carbons (Fsp3) is 0.667. The molecule has 0 saturated heterocycles. The van der Waals surface area contributed by atoms with Gasteiger partial charge in [0.05, 0.1) is 11.6 Å². The minimum Gasteiger partial charge on any atom is -0.350 e. The van der Waals surface area contributed by atoms with Crippen LogP contribution in [0.15, 0.2) is 11.7 Å². The van der Waals surface area contributed by atoms with Crippen LogP contribution in [0.2, 0.25) is 0 Å². The maximum absolute atomic E-state index is 11.9. The summed E-state index contributed by atoms with van der Waals surface area (Å²) in [6, 6.07) is -0.0745. The Morgan fingerprint density at radius 1 is 1.41 bits per heavy atom. The lowest BCUT2D eigenvalue weighted by molar-refractivity contribution is -0.124. The van der Waals surface area contributed by atoms with Crippen molar-refractivity contribution in [1.82, 2.24) is 15.6 Å². The summed E-state index contributed by atoms with van der Waals surface area (Å²) in [6.45, 7) is 9.84. The number of carbonyl (C=O) groups is 1. The summed E-state index contributed by atoms with van der Waals surface area (Å²) in [5.41, 5.74) is 1.61. The Kier molecular flexibility index (Phi) is 4.65. The molecule has 1 amide bonds. The number of hydrogen-bond donors (Lipinski definition) is 2. The Balaban J connectivity index is 2.49. The molecule has 0 aliphatic rings. The summed E-state index contributed by atoms with van der Waals surface area (Å²) in [6.07, 6.45) is 1.83. The third-order valence-corrected chi connectivity index (χ3v) is 3.23. The number of nitrogens with one attached hydrogen (secondary N) is 2. The van der Waals surface area contributed by atoms with Gasteiger partial charge in [-0.1, -0.05) is 0 Å². The molecule has 17 heavy (non-hydrogen) atoms. The monoisotopic (exact) mass is 255 g/mol. The van der Waals surface area contributed by atoms with E-state index in [4.69, 9.17) is 0 Å². The highest BCUT2D eigenvalue weighted by Crippen LogP contribution is 2.16. The van der Waals surface area contributed by atoms with E-state index in [0.29, 0.717) is 0 Å². The summed E-state index contributed by atoms with van der Waals surface area (Å²) in [4.78, 5) is 17.0. The summed E-state index contributed by atoms with van der Waals surface area (Å²) in [7, 11) is 0. The molecule has 0 spiro atoms. The quantitative estimate of drug-likeness (QED) is 0.866. The highest BCUT2D eigenvalue weighted by atomic mass is 32.1. The average molecular weight is 255 g/mol. The molecule has 2 N–H and O–H groups in total. The van der Waals surface area contributed by atoms with Gasteiger partial charge in [-0.2, -0.15) is 0 Å². The minimum atomic E-state index is -0.216. The van der Waals surface area contributed by atoms with E-state index in [1.54, 1.807) is 16.8 Å². The number of aromatic nitrogens is 1. The summed E-state index contributed by atoms with van der Waals surface area (Å²) in [5.74, 6) is 0.0221. The van der Waals surface area contributed by atoms with Gasteiger partial charge in [0.2, 0.25) is 5.91 Å². The van der Waals surface area contributed by atoms with Crippen LogP contribution in [0.1, 0.15) is 45.5 Å². The minimum absolute atomic E-state index is 0.0221. The van der Waals surface area contributed by atoms with Gasteiger partial charge in [-0.3, -0.25) is 15.1 Å². The van der Waals surface area contributed by atoms with E-state index in [1.165, 1.54) is 0 Å². The van der Waals surface area contributed by atoms with E-state index < -0.39 is 0 Å². The van der Waals surface area contributed by atoms with Gasteiger partial charge in [0.25, 0.3) is 0 Å². The Hall–Kier alpha value is -0.940. The van der Waals surface area contributed by atoms with Crippen LogP contribution in [0.5, 0.6) is 0 Å². The highest BCUT2D eigenvalue weighted by Gasteiger charge is 2.21. The SMILES string of the molecule is CC(NC(C)c1cncs1)C(=O)NC(C)(C)C. The molecule has 96 valence electrons. The second-order valence-electron chi connectivity index (χ2n) is 5.25. The zero-order valence-corrected chi connectivity index (χ0v) is 11.9. The first-order valence-corrected chi connectivity index (χ1v) is 6.64. The van der Waals surface area contributed by atoms with Gasteiger partial charge in [0, 0.05) is 22.7 Å². The van der Waals surface area contributed by atoms with Crippen molar-refractivity contribution >= 4 is 17.2 Å². The van der Waals surface area contributed by atoms with Crippen LogP contribution >= 0.6 is 11.3 Å². The molecular weight excluding hydrogens is 234 g/mol. The predicted octanol–water partition coefficient (Wildman–Crippen LogP) is 2.10. The molecular formula is C12H21N3OS. The molecule has 0 fully saturated rings. The van der Waals surface area contributed by atoms with Crippen LogP contribution < -0.4 is 10.6 Å². The molecule has 1 aromatic rings. The lowest BCUT2D eigenvalue weighted by Gasteiger charge is -2.25. The second kappa shape index (κ2) is 5.60. The lowest BCUT2D eigenvalue weighted by atomic mass is 10.1. The lowest BCUT2D eigenvalue weighted by Crippen LogP contribution is -2.49. The molecule has 1 rings (SSSR count). The summed E-state index contributed by atoms with van der Waals surface area (Å²) >= 11 is 1.59. The standard InChI is InChI=1S/C12H21N3OS/c1-8(10-6-13-7-17-10)14-9(2)11(16)15-12(3,4)5/h6-9,14H,1-5H3,(H,15,16). The molecule has 2 unspecified atom stereocenters. The van der Waals surface area contributed by atoms with Gasteiger partial charge < -0.3 is 5.32 Å². The van der Waals surface area contributed by atoms with Gasteiger partial charge in [-0.15, -0.1) is 11.3 Å². The number of amides is 1. The van der Waals surface area contributed by atoms with Crippen molar-refractivity contribution in [2.45, 2.75) is 52.2 Å². The van der Waals surface area contributed by atoms with Crippen molar-refractivity contribution in [1.29, 1.82) is 0 Å². The predicted molar refractivity (Wildman–Crippen MR) is 71.0 cm³/mol. The van der Waals surface area contributed by atoms with Crippen LogP contribution in [-0.2, 0) is 4.79 Å². The normalized spacial score (nSPS) is 15.4. The van der Waals surface area contributed by atoms with Crippen LogP contribution in [0, 0.1) is 0 Å². The van der Waals surface area contributed by atoms with Gasteiger partial charge in [0.1, 0.15) is 0 Å². The van der Waals surface area contributed by atoms with Crippen molar-refractivity contribution in [3.63, 3.8) is 0 Å². The van der Waals surface area contributed by atoms with Gasteiger partial charge in [-0.05, 0) is 34.6 Å². The van der Waals surface area contributed by atoms with E-state index in [-0.39, 0.29) is 23.5 Å². The van der Waals surface area contributed by atoms with Crippen LogP contribution in [0.25, 0.3) is 0 Å². The van der Waals surface area contributed by atoms with E-state index in [0.717, 1.165) is 4.88 Å². The summed E-state index contributed by atoms with van der Waals surface area (Å²) in [5, 5.41) is 6.22. The number of hydrogen-bond acceptors (Lipinski definition) is 4. The van der Waals surface area contributed by atoms with E-state index in [1.807, 2.05) is 40.8 Å². The Morgan fingerprint density at radius 2 is 2.06 bits per heavy atom. The van der Waals surface area contributed by atoms with Crippen LogP contribution in [0.4, 0.5) is 0 Å². The average Bonchev–Trinajstić information content (AvgIpc) is 2.67. The van der Waals surface area contributed by atoms with Crippen molar-refractivity contribution in [2.75, 3.05) is 0 Å². The van der Waals surface area contributed by atoms with Crippen LogP contribution in [-0.4, -0.2) is 22.5 Å². The largest absolute Gasteiger partial charge is 0.350 e. The zero-order valence-electron chi connectivity index (χ0n) is 11.1. The number of carbonyl (C=O) groups excluding carboxylic acids is 1. The topological polar surface area (TPSA) is 54.0 Å². The number of nitrogens with zero attached hydrogens (tertiary/aromatic N) is 1. The molecule has 0 bridgehead atoms. The zero-order chi connectivity index (χ0) is 13.1. The van der Waals surface area contributed by atoms with Crippen molar-refractivity contribution < 1.29 is 4.79 Å². The maximum Gasteiger partial charge on any atom is 0.237 e. The number of thiazole rings is 1. The molecule has 0 radical (unpaired) electrons. The third-order valence-electron chi connectivity index (χ3n) is 2.27. The van der Waals surface area contributed by atoms with Gasteiger partial charge in [-0.25, -0.2) is 0 Å². The Bertz CT molecular complexity index is 356. The first kappa shape index (κ1) is 14.1. The van der Waals surface area contributed by atoms with E-state index in [2.05, 4.69) is 15.6 Å². The molecule has 2 atom stereocenters. The van der Waals surface area contributed by atoms with E-state index >= 15 is 0 Å². The smallest absolute Gasteiger partial charge is 0.237 e.